The van der Waals surface area contributed by atoms with E-state index in [0.29, 0.717) is 16.9 Å². The summed E-state index contributed by atoms with van der Waals surface area (Å²) in [7, 11) is 0. The van der Waals surface area contributed by atoms with Crippen molar-refractivity contribution in [2.75, 3.05) is 11.1 Å². The Morgan fingerprint density at radius 1 is 1.13 bits per heavy atom. The van der Waals surface area contributed by atoms with Crippen LogP contribution in [0.25, 0.3) is 0 Å². The molecule has 5 heteroatoms. The summed E-state index contributed by atoms with van der Waals surface area (Å²) >= 11 is 0. The molecule has 1 unspecified atom stereocenters. The van der Waals surface area contributed by atoms with Crippen LogP contribution in [0.2, 0.25) is 0 Å². The molecule has 116 valence electrons. The van der Waals surface area contributed by atoms with E-state index < -0.39 is 0 Å². The highest BCUT2D eigenvalue weighted by Crippen LogP contribution is 2.20. The van der Waals surface area contributed by atoms with Crippen LogP contribution in [0, 0.1) is 0 Å². The Bertz CT molecular complexity index is 794. The number of carbonyl (C=O) groups excluding carboxylic acids is 1. The Labute approximate surface area is 134 Å². The second-order valence-electron chi connectivity index (χ2n) is 5.33. The van der Waals surface area contributed by atoms with Crippen molar-refractivity contribution < 1.29 is 4.79 Å². The number of nitrogens with zero attached hydrogens (tertiary/aromatic N) is 2. The van der Waals surface area contributed by atoms with Crippen LogP contribution < -0.4 is 11.1 Å². The van der Waals surface area contributed by atoms with Crippen molar-refractivity contribution in [3.63, 3.8) is 0 Å². The lowest BCUT2D eigenvalue weighted by Gasteiger charge is -2.13. The molecular formula is C18H18N4O. The third-order valence-electron chi connectivity index (χ3n) is 3.79. The van der Waals surface area contributed by atoms with Crippen LogP contribution in [-0.2, 0) is 0 Å². The first-order chi connectivity index (χ1) is 11.1. The van der Waals surface area contributed by atoms with E-state index in [9.17, 15) is 4.79 Å². The van der Waals surface area contributed by atoms with Gasteiger partial charge in [-0.3, -0.25) is 9.48 Å². The van der Waals surface area contributed by atoms with Gasteiger partial charge in [-0.2, -0.15) is 5.10 Å². The third kappa shape index (κ3) is 3.23. The Balaban J connectivity index is 1.74. The number of nitrogens with two attached hydrogens (primary N) is 1. The Morgan fingerprint density at radius 2 is 1.87 bits per heavy atom. The number of rotatable bonds is 4. The second-order valence-corrected chi connectivity index (χ2v) is 5.33. The van der Waals surface area contributed by atoms with Crippen LogP contribution in [0.5, 0.6) is 0 Å². The molecule has 2 aromatic carbocycles. The highest BCUT2D eigenvalue weighted by molar-refractivity contribution is 6.05. The van der Waals surface area contributed by atoms with E-state index in [1.165, 1.54) is 0 Å². The molecule has 0 aliphatic heterocycles. The lowest BCUT2D eigenvalue weighted by Crippen LogP contribution is -2.13. The standard InChI is InChI=1S/C18H18N4O/c1-13(22-12-4-11-20-22)14-7-9-15(10-8-14)18(23)21-17-6-3-2-5-16(17)19/h2-13H,19H2,1H3,(H,21,23). The number of carbonyl (C=O) groups is 1. The molecule has 1 aromatic heterocycles. The van der Waals surface area contributed by atoms with Crippen molar-refractivity contribution in [2.45, 2.75) is 13.0 Å². The van der Waals surface area contributed by atoms with Crippen molar-refractivity contribution in [2.24, 2.45) is 0 Å². The summed E-state index contributed by atoms with van der Waals surface area (Å²) in [5.41, 5.74) is 8.68. The number of anilines is 2. The first-order valence-electron chi connectivity index (χ1n) is 7.40. The van der Waals surface area contributed by atoms with Gasteiger partial charge in [0, 0.05) is 18.0 Å². The zero-order valence-electron chi connectivity index (χ0n) is 12.8. The molecular weight excluding hydrogens is 288 g/mol. The lowest BCUT2D eigenvalue weighted by molar-refractivity contribution is 0.102. The highest BCUT2D eigenvalue weighted by atomic mass is 16.1. The van der Waals surface area contributed by atoms with E-state index >= 15 is 0 Å². The van der Waals surface area contributed by atoms with E-state index in [1.54, 1.807) is 18.3 Å². The summed E-state index contributed by atoms with van der Waals surface area (Å²) in [5.74, 6) is -0.179. The molecule has 5 nitrogen and oxygen atoms in total. The number of nitrogens with one attached hydrogen (secondary N) is 1. The van der Waals surface area contributed by atoms with Crippen molar-refractivity contribution in [1.29, 1.82) is 0 Å². The highest BCUT2D eigenvalue weighted by Gasteiger charge is 2.11. The van der Waals surface area contributed by atoms with Crippen LogP contribution in [0.1, 0.15) is 28.9 Å². The molecule has 3 N–H and O–H groups in total. The minimum absolute atomic E-state index is 0.117. The van der Waals surface area contributed by atoms with Crippen LogP contribution in [-0.4, -0.2) is 15.7 Å². The van der Waals surface area contributed by atoms with Crippen molar-refractivity contribution in [3.05, 3.63) is 78.1 Å². The van der Waals surface area contributed by atoms with Crippen molar-refractivity contribution >= 4 is 17.3 Å². The molecule has 1 heterocycles. The molecule has 0 radical (unpaired) electrons. The number of amides is 1. The molecule has 0 aliphatic rings. The molecule has 1 atom stereocenters. The van der Waals surface area contributed by atoms with Gasteiger partial charge < -0.3 is 11.1 Å². The van der Waals surface area contributed by atoms with Gasteiger partial charge in [-0.25, -0.2) is 0 Å². The van der Waals surface area contributed by atoms with Crippen LogP contribution >= 0.6 is 0 Å². The summed E-state index contributed by atoms with van der Waals surface area (Å²) in [6, 6.07) is 16.7. The molecule has 0 saturated heterocycles. The molecule has 23 heavy (non-hydrogen) atoms. The molecule has 0 aliphatic carbocycles. The minimum Gasteiger partial charge on any atom is -0.397 e. The Kier molecular flexibility index (Phi) is 4.10. The summed E-state index contributed by atoms with van der Waals surface area (Å²) in [6.45, 7) is 2.06. The number of aromatic nitrogens is 2. The topological polar surface area (TPSA) is 72.9 Å². The zero-order valence-corrected chi connectivity index (χ0v) is 12.8. The third-order valence-corrected chi connectivity index (χ3v) is 3.79. The van der Waals surface area contributed by atoms with Gasteiger partial charge in [-0.15, -0.1) is 0 Å². The SMILES string of the molecule is CC(c1ccc(C(=O)Nc2ccccc2N)cc1)n1cccn1. The van der Waals surface area contributed by atoms with Gasteiger partial charge in [0.1, 0.15) is 0 Å². The van der Waals surface area contributed by atoms with E-state index in [1.807, 2.05) is 53.3 Å². The molecule has 0 fully saturated rings. The van der Waals surface area contributed by atoms with Crippen LogP contribution in [0.15, 0.2) is 67.0 Å². The number of nitrogen functional groups attached to an aromatic ring is 1. The molecule has 3 aromatic rings. The molecule has 0 spiro atoms. The maximum absolute atomic E-state index is 12.3. The number of para-hydroxylation sites is 2. The first kappa shape index (κ1) is 14.8. The van der Waals surface area contributed by atoms with Crippen LogP contribution in [0.4, 0.5) is 11.4 Å². The first-order valence-corrected chi connectivity index (χ1v) is 7.40. The molecule has 1 amide bonds. The predicted octanol–water partition coefficient (Wildman–Crippen LogP) is 3.33. The largest absolute Gasteiger partial charge is 0.397 e. The van der Waals surface area contributed by atoms with Gasteiger partial charge in [0.2, 0.25) is 0 Å². The van der Waals surface area contributed by atoms with Crippen LogP contribution in [0.3, 0.4) is 0 Å². The quantitative estimate of drug-likeness (QED) is 0.726. The average molecular weight is 306 g/mol. The smallest absolute Gasteiger partial charge is 0.255 e. The molecule has 0 saturated carbocycles. The number of hydrogen-bond acceptors (Lipinski definition) is 3. The normalized spacial score (nSPS) is 11.9. The number of benzene rings is 2. The number of hydrogen-bond donors (Lipinski definition) is 2. The van der Waals surface area contributed by atoms with Gasteiger partial charge in [0.25, 0.3) is 5.91 Å². The summed E-state index contributed by atoms with van der Waals surface area (Å²) in [5, 5.41) is 7.06. The second kappa shape index (κ2) is 6.36. The van der Waals surface area contributed by atoms with Gasteiger partial charge in [-0.1, -0.05) is 24.3 Å². The van der Waals surface area contributed by atoms with E-state index in [0.717, 1.165) is 5.56 Å². The van der Waals surface area contributed by atoms with E-state index in [-0.39, 0.29) is 11.9 Å². The van der Waals surface area contributed by atoms with Gasteiger partial charge in [0.15, 0.2) is 0 Å². The average Bonchev–Trinajstić information content (AvgIpc) is 3.11. The summed E-state index contributed by atoms with van der Waals surface area (Å²) in [6.07, 6.45) is 3.67. The molecule has 0 bridgehead atoms. The van der Waals surface area contributed by atoms with Gasteiger partial charge >= 0.3 is 0 Å². The Morgan fingerprint density at radius 3 is 2.52 bits per heavy atom. The Hall–Kier alpha value is -3.08. The van der Waals surface area contributed by atoms with E-state index in [4.69, 9.17) is 5.73 Å². The molecule has 3 rings (SSSR count). The maximum Gasteiger partial charge on any atom is 0.255 e. The fourth-order valence-corrected chi connectivity index (χ4v) is 2.38. The summed E-state index contributed by atoms with van der Waals surface area (Å²) < 4.78 is 1.87. The van der Waals surface area contributed by atoms with Crippen molar-refractivity contribution in [1.82, 2.24) is 9.78 Å². The van der Waals surface area contributed by atoms with Crippen molar-refractivity contribution in [3.8, 4) is 0 Å². The van der Waals surface area contributed by atoms with Gasteiger partial charge in [0.05, 0.1) is 17.4 Å². The maximum atomic E-state index is 12.3. The monoisotopic (exact) mass is 306 g/mol. The van der Waals surface area contributed by atoms with E-state index in [2.05, 4.69) is 17.3 Å². The fraction of sp³-hybridized carbons (Fsp3) is 0.111. The predicted molar refractivity (Wildman–Crippen MR) is 91.3 cm³/mol. The summed E-state index contributed by atoms with van der Waals surface area (Å²) in [4.78, 5) is 12.3. The fourth-order valence-electron chi connectivity index (χ4n) is 2.38. The zero-order chi connectivity index (χ0) is 16.2. The minimum atomic E-state index is -0.179. The lowest BCUT2D eigenvalue weighted by atomic mass is 10.1. The van der Waals surface area contributed by atoms with Gasteiger partial charge in [-0.05, 0) is 42.8 Å².